The van der Waals surface area contributed by atoms with Crippen LogP contribution >= 0.6 is 0 Å². The molecule has 1 amide bonds. The van der Waals surface area contributed by atoms with Crippen molar-refractivity contribution >= 4 is 5.91 Å². The summed E-state index contributed by atoms with van der Waals surface area (Å²) in [6.07, 6.45) is 6.42. The number of rotatable bonds is 5. The number of carbonyl (C=O) groups excluding carboxylic acids is 1. The quantitative estimate of drug-likeness (QED) is 0.804. The second kappa shape index (κ2) is 5.21. The fraction of sp³-hybridized carbons (Fsp3) is 0.250. The molecule has 0 fully saturated rings. The van der Waals surface area contributed by atoms with Crippen molar-refractivity contribution in [1.82, 2.24) is 10.3 Å². The van der Waals surface area contributed by atoms with Crippen LogP contribution in [0.25, 0.3) is 0 Å². The van der Waals surface area contributed by atoms with Crippen LogP contribution in [-0.4, -0.2) is 10.9 Å². The van der Waals surface area contributed by atoms with E-state index in [1.807, 2.05) is 30.6 Å². The maximum Gasteiger partial charge on any atom is 0.220 e. The van der Waals surface area contributed by atoms with E-state index in [9.17, 15) is 4.79 Å². The molecule has 0 saturated heterocycles. The van der Waals surface area contributed by atoms with Crippen LogP contribution in [0.3, 0.4) is 0 Å². The lowest BCUT2D eigenvalue weighted by Gasteiger charge is -2.02. The molecule has 2 N–H and O–H groups in total. The first-order valence-electron chi connectivity index (χ1n) is 5.25. The minimum Gasteiger partial charge on any atom is -0.469 e. The largest absolute Gasteiger partial charge is 0.469 e. The third-order valence-electron chi connectivity index (χ3n) is 2.33. The number of hydrogen-bond acceptors (Lipinski definition) is 2. The molecule has 4 nitrogen and oxygen atoms in total. The van der Waals surface area contributed by atoms with Gasteiger partial charge in [-0.1, -0.05) is 0 Å². The summed E-state index contributed by atoms with van der Waals surface area (Å²) in [5.74, 6) is 0.884. The van der Waals surface area contributed by atoms with Gasteiger partial charge in [0.2, 0.25) is 5.91 Å². The fourth-order valence-electron chi connectivity index (χ4n) is 1.45. The fourth-order valence-corrected chi connectivity index (χ4v) is 1.45. The minimum absolute atomic E-state index is 0.0394. The number of aromatic amines is 1. The van der Waals surface area contributed by atoms with Crippen LogP contribution in [0.1, 0.15) is 17.7 Å². The van der Waals surface area contributed by atoms with Gasteiger partial charge in [-0.05, 0) is 23.8 Å². The van der Waals surface area contributed by atoms with Crippen molar-refractivity contribution in [1.29, 1.82) is 0 Å². The van der Waals surface area contributed by atoms with E-state index < -0.39 is 0 Å². The number of nitrogens with one attached hydrogen (secondary N) is 2. The Morgan fingerprint density at radius 2 is 2.38 bits per heavy atom. The summed E-state index contributed by atoms with van der Waals surface area (Å²) in [6.45, 7) is 0.570. The lowest BCUT2D eigenvalue weighted by atomic mass is 10.2. The van der Waals surface area contributed by atoms with Gasteiger partial charge in [0.15, 0.2) is 0 Å². The lowest BCUT2D eigenvalue weighted by Crippen LogP contribution is -2.22. The molecule has 0 bridgehead atoms. The molecule has 2 aromatic heterocycles. The van der Waals surface area contributed by atoms with Crippen molar-refractivity contribution in [3.05, 3.63) is 48.2 Å². The molecule has 84 valence electrons. The number of amides is 1. The van der Waals surface area contributed by atoms with E-state index in [0.29, 0.717) is 19.4 Å². The van der Waals surface area contributed by atoms with E-state index in [1.165, 1.54) is 0 Å². The number of carbonyl (C=O) groups is 1. The van der Waals surface area contributed by atoms with Crippen LogP contribution in [0.4, 0.5) is 0 Å². The van der Waals surface area contributed by atoms with Gasteiger partial charge >= 0.3 is 0 Å². The van der Waals surface area contributed by atoms with Gasteiger partial charge in [0.1, 0.15) is 5.76 Å². The van der Waals surface area contributed by atoms with Crippen LogP contribution in [-0.2, 0) is 17.8 Å². The van der Waals surface area contributed by atoms with Gasteiger partial charge in [-0.15, -0.1) is 0 Å². The van der Waals surface area contributed by atoms with Gasteiger partial charge in [-0.3, -0.25) is 4.79 Å². The normalized spacial score (nSPS) is 10.2. The molecule has 0 spiro atoms. The molecule has 2 rings (SSSR count). The molecule has 2 heterocycles. The van der Waals surface area contributed by atoms with Crippen molar-refractivity contribution in [2.45, 2.75) is 19.4 Å². The first kappa shape index (κ1) is 10.5. The van der Waals surface area contributed by atoms with E-state index in [0.717, 1.165) is 11.3 Å². The molecule has 0 aromatic carbocycles. The van der Waals surface area contributed by atoms with Crippen molar-refractivity contribution < 1.29 is 9.21 Å². The summed E-state index contributed by atoms with van der Waals surface area (Å²) in [5, 5.41) is 2.85. The van der Waals surface area contributed by atoms with Gasteiger partial charge in [-0.2, -0.15) is 0 Å². The Bertz CT molecular complexity index is 378. The van der Waals surface area contributed by atoms with Crippen LogP contribution in [0.15, 0.2) is 41.3 Å². The molecular weight excluding hydrogens is 204 g/mol. The highest BCUT2D eigenvalue weighted by molar-refractivity contribution is 5.76. The van der Waals surface area contributed by atoms with Crippen molar-refractivity contribution in [2.75, 3.05) is 0 Å². The molecule has 2 aromatic rings. The summed E-state index contributed by atoms with van der Waals surface area (Å²) in [7, 11) is 0. The second-order valence-electron chi connectivity index (χ2n) is 3.58. The van der Waals surface area contributed by atoms with E-state index >= 15 is 0 Å². The van der Waals surface area contributed by atoms with Crippen LogP contribution in [0.2, 0.25) is 0 Å². The van der Waals surface area contributed by atoms with Crippen LogP contribution in [0.5, 0.6) is 0 Å². The first-order valence-corrected chi connectivity index (χ1v) is 5.25. The molecule has 0 aliphatic rings. The zero-order valence-corrected chi connectivity index (χ0v) is 8.90. The SMILES string of the molecule is O=C(CCc1ccco1)NCc1cc[nH]c1. The Balaban J connectivity index is 1.69. The molecule has 0 saturated carbocycles. The minimum atomic E-state index is 0.0394. The maximum atomic E-state index is 11.5. The number of H-pyrrole nitrogens is 1. The Kier molecular flexibility index (Phi) is 3.43. The van der Waals surface area contributed by atoms with Crippen LogP contribution < -0.4 is 5.32 Å². The molecule has 0 aliphatic carbocycles. The molecule has 4 heteroatoms. The molecular formula is C12H14N2O2. The third-order valence-corrected chi connectivity index (χ3v) is 2.33. The third kappa shape index (κ3) is 3.02. The van der Waals surface area contributed by atoms with Gasteiger partial charge in [-0.25, -0.2) is 0 Å². The number of hydrogen-bond donors (Lipinski definition) is 2. The van der Waals surface area contributed by atoms with Crippen LogP contribution in [0, 0.1) is 0 Å². The van der Waals surface area contributed by atoms with E-state index in [-0.39, 0.29) is 5.91 Å². The van der Waals surface area contributed by atoms with E-state index in [4.69, 9.17) is 4.42 Å². The van der Waals surface area contributed by atoms with E-state index in [2.05, 4.69) is 10.3 Å². The zero-order valence-electron chi connectivity index (χ0n) is 8.90. The van der Waals surface area contributed by atoms with E-state index in [1.54, 1.807) is 6.26 Å². The monoisotopic (exact) mass is 218 g/mol. The first-order chi connectivity index (χ1) is 7.84. The highest BCUT2D eigenvalue weighted by Gasteiger charge is 2.03. The summed E-state index contributed by atoms with van der Waals surface area (Å²) in [5.41, 5.74) is 1.08. The smallest absolute Gasteiger partial charge is 0.220 e. The predicted octanol–water partition coefficient (Wildman–Crippen LogP) is 1.86. The van der Waals surface area contributed by atoms with Gasteiger partial charge in [0.05, 0.1) is 6.26 Å². The summed E-state index contributed by atoms with van der Waals surface area (Å²) in [4.78, 5) is 14.4. The average Bonchev–Trinajstić information content (AvgIpc) is 2.96. The Hall–Kier alpha value is -1.97. The van der Waals surface area contributed by atoms with Gasteiger partial charge in [0, 0.05) is 31.8 Å². The summed E-state index contributed by atoms with van der Waals surface area (Å²) >= 11 is 0. The highest BCUT2D eigenvalue weighted by Crippen LogP contribution is 2.03. The maximum absolute atomic E-state index is 11.5. The van der Waals surface area contributed by atoms with Gasteiger partial charge in [0.25, 0.3) is 0 Å². The topological polar surface area (TPSA) is 58.0 Å². The molecule has 0 radical (unpaired) electrons. The molecule has 0 aliphatic heterocycles. The van der Waals surface area contributed by atoms with Crippen molar-refractivity contribution in [3.63, 3.8) is 0 Å². The van der Waals surface area contributed by atoms with Crippen molar-refractivity contribution in [2.24, 2.45) is 0 Å². The Morgan fingerprint density at radius 1 is 1.44 bits per heavy atom. The molecule has 0 unspecified atom stereocenters. The Labute approximate surface area is 93.7 Å². The Morgan fingerprint density at radius 3 is 3.06 bits per heavy atom. The number of aromatic nitrogens is 1. The standard InChI is InChI=1S/C12H14N2O2/c15-12(4-3-11-2-1-7-16-11)14-9-10-5-6-13-8-10/h1-2,5-8,13H,3-4,9H2,(H,14,15). The molecule has 16 heavy (non-hydrogen) atoms. The molecule has 0 atom stereocenters. The average molecular weight is 218 g/mol. The lowest BCUT2D eigenvalue weighted by molar-refractivity contribution is -0.121. The number of aryl methyl sites for hydroxylation is 1. The second-order valence-corrected chi connectivity index (χ2v) is 3.58. The number of furan rings is 1. The highest BCUT2D eigenvalue weighted by atomic mass is 16.3. The van der Waals surface area contributed by atoms with Crippen molar-refractivity contribution in [3.8, 4) is 0 Å². The zero-order chi connectivity index (χ0) is 11.2. The predicted molar refractivity (Wildman–Crippen MR) is 59.7 cm³/mol. The van der Waals surface area contributed by atoms with Gasteiger partial charge < -0.3 is 14.7 Å². The summed E-state index contributed by atoms with van der Waals surface area (Å²) < 4.78 is 5.15. The summed E-state index contributed by atoms with van der Waals surface area (Å²) in [6, 6.07) is 5.64.